The first-order valence-corrected chi connectivity index (χ1v) is 10.6. The number of hydrogen-bond donors (Lipinski definition) is 0. The van der Waals surface area contributed by atoms with Crippen molar-refractivity contribution in [3.05, 3.63) is 30.1 Å². The molecule has 0 bridgehead atoms. The Morgan fingerprint density at radius 1 is 1.07 bits per heavy atom. The van der Waals surface area contributed by atoms with E-state index >= 15 is 0 Å². The summed E-state index contributed by atoms with van der Waals surface area (Å²) in [5, 5.41) is 1.92. The van der Waals surface area contributed by atoms with Gasteiger partial charge in [0.25, 0.3) is 0 Å². The van der Waals surface area contributed by atoms with Gasteiger partial charge in [0.1, 0.15) is 5.82 Å². The van der Waals surface area contributed by atoms with Gasteiger partial charge in [0, 0.05) is 64.8 Å². The number of piperazine rings is 1. The van der Waals surface area contributed by atoms with E-state index in [4.69, 9.17) is 4.84 Å². The summed E-state index contributed by atoms with van der Waals surface area (Å²) in [5.41, 5.74) is 0.701. The Kier molecular flexibility index (Phi) is 6.44. The fourth-order valence-electron chi connectivity index (χ4n) is 4.57. The van der Waals surface area contributed by atoms with E-state index in [0.29, 0.717) is 24.7 Å². The molecule has 28 heavy (non-hydrogen) atoms. The molecule has 1 amide bonds. The number of hydrogen-bond acceptors (Lipinski definition) is 5. The van der Waals surface area contributed by atoms with E-state index in [1.807, 2.05) is 22.1 Å². The van der Waals surface area contributed by atoms with E-state index < -0.39 is 0 Å². The molecule has 0 unspecified atom stereocenters. The molecule has 7 heteroatoms. The summed E-state index contributed by atoms with van der Waals surface area (Å²) < 4.78 is 14.0. The van der Waals surface area contributed by atoms with Gasteiger partial charge < -0.3 is 9.80 Å². The molecular formula is C21H31FN4O2. The average Bonchev–Trinajstić information content (AvgIpc) is 3.26. The SMILES string of the molecule is O=C(CCN1CCCO1)N1CCC[C@@H](N2CCN(c3ccccc3F)CC2)C1. The standard InChI is InChI=1S/C21H31FN4O2/c22-19-6-1-2-7-20(19)24-14-12-23(13-15-24)18-5-3-9-25(17-18)21(27)8-11-26-10-4-16-28-26/h1-2,6-7,18H,3-5,8-17H2/t18-/m1/s1. The number of likely N-dealkylation sites (tertiary alicyclic amines) is 1. The monoisotopic (exact) mass is 390 g/mol. The van der Waals surface area contributed by atoms with Crippen molar-refractivity contribution in [3.63, 3.8) is 0 Å². The first kappa shape index (κ1) is 19.6. The van der Waals surface area contributed by atoms with Crippen LogP contribution in [-0.4, -0.2) is 85.8 Å². The third-order valence-electron chi connectivity index (χ3n) is 6.17. The fraction of sp³-hybridized carbons (Fsp3) is 0.667. The molecule has 0 spiro atoms. The highest BCUT2D eigenvalue weighted by molar-refractivity contribution is 5.76. The van der Waals surface area contributed by atoms with Crippen molar-refractivity contribution in [1.82, 2.24) is 14.9 Å². The molecular weight excluding hydrogens is 359 g/mol. The molecule has 3 aliphatic heterocycles. The Labute approximate surface area is 166 Å². The zero-order valence-electron chi connectivity index (χ0n) is 16.6. The van der Waals surface area contributed by atoms with E-state index in [2.05, 4.69) is 9.80 Å². The molecule has 0 N–H and O–H groups in total. The number of halogens is 1. The normalized spacial score (nSPS) is 24.7. The third-order valence-corrected chi connectivity index (χ3v) is 6.17. The molecule has 0 aromatic heterocycles. The zero-order chi connectivity index (χ0) is 19.3. The van der Waals surface area contributed by atoms with Crippen molar-refractivity contribution >= 4 is 11.6 Å². The lowest BCUT2D eigenvalue weighted by Gasteiger charge is -2.44. The van der Waals surface area contributed by atoms with Crippen molar-refractivity contribution in [3.8, 4) is 0 Å². The van der Waals surface area contributed by atoms with Crippen LogP contribution in [-0.2, 0) is 9.63 Å². The Bertz CT molecular complexity index is 660. The summed E-state index contributed by atoms with van der Waals surface area (Å²) in [5.74, 6) is 0.0950. The van der Waals surface area contributed by atoms with Crippen LogP contribution < -0.4 is 4.90 Å². The molecule has 0 aliphatic carbocycles. The second-order valence-corrected chi connectivity index (χ2v) is 7.98. The number of benzene rings is 1. The fourth-order valence-corrected chi connectivity index (χ4v) is 4.57. The van der Waals surface area contributed by atoms with Gasteiger partial charge in [-0.15, -0.1) is 0 Å². The van der Waals surface area contributed by atoms with Crippen LogP contribution in [0.4, 0.5) is 10.1 Å². The molecule has 4 rings (SSSR count). The summed E-state index contributed by atoms with van der Waals surface area (Å²) in [7, 11) is 0. The number of para-hydroxylation sites is 1. The topological polar surface area (TPSA) is 39.3 Å². The van der Waals surface area contributed by atoms with Crippen molar-refractivity contribution < 1.29 is 14.0 Å². The van der Waals surface area contributed by atoms with E-state index in [9.17, 15) is 9.18 Å². The van der Waals surface area contributed by atoms with Gasteiger partial charge in [0.2, 0.25) is 5.91 Å². The summed E-state index contributed by atoms with van der Waals surface area (Å²) in [6, 6.07) is 7.43. The number of nitrogens with zero attached hydrogens (tertiary/aromatic N) is 4. The molecule has 154 valence electrons. The van der Waals surface area contributed by atoms with Gasteiger partial charge in [-0.2, -0.15) is 5.06 Å². The highest BCUT2D eigenvalue weighted by Gasteiger charge is 2.30. The lowest BCUT2D eigenvalue weighted by atomic mass is 10.0. The first-order valence-electron chi connectivity index (χ1n) is 10.6. The van der Waals surface area contributed by atoms with Crippen molar-refractivity contribution in [2.75, 3.05) is 63.9 Å². The molecule has 0 radical (unpaired) electrons. The van der Waals surface area contributed by atoms with Crippen LogP contribution >= 0.6 is 0 Å². The largest absolute Gasteiger partial charge is 0.367 e. The summed E-state index contributed by atoms with van der Waals surface area (Å²) in [6.07, 6.45) is 3.79. The van der Waals surface area contributed by atoms with Crippen LogP contribution in [0.5, 0.6) is 0 Å². The second kappa shape index (κ2) is 9.20. The van der Waals surface area contributed by atoms with Gasteiger partial charge in [0.05, 0.1) is 12.3 Å². The van der Waals surface area contributed by atoms with Crippen LogP contribution in [0.2, 0.25) is 0 Å². The van der Waals surface area contributed by atoms with Crippen molar-refractivity contribution in [2.24, 2.45) is 0 Å². The van der Waals surface area contributed by atoms with Crippen molar-refractivity contribution in [2.45, 2.75) is 31.7 Å². The smallest absolute Gasteiger partial charge is 0.224 e. The maximum Gasteiger partial charge on any atom is 0.224 e. The van der Waals surface area contributed by atoms with Crippen LogP contribution in [0.3, 0.4) is 0 Å². The predicted octanol–water partition coefficient (Wildman–Crippen LogP) is 1.97. The molecule has 6 nitrogen and oxygen atoms in total. The number of carbonyl (C=O) groups is 1. The van der Waals surface area contributed by atoms with Gasteiger partial charge in [0.15, 0.2) is 0 Å². The Morgan fingerprint density at radius 3 is 2.64 bits per heavy atom. The molecule has 1 atom stereocenters. The van der Waals surface area contributed by atoms with E-state index in [1.54, 1.807) is 6.07 Å². The zero-order valence-corrected chi connectivity index (χ0v) is 16.6. The van der Waals surface area contributed by atoms with Gasteiger partial charge >= 0.3 is 0 Å². The van der Waals surface area contributed by atoms with E-state index in [-0.39, 0.29) is 11.7 Å². The number of rotatable bonds is 5. The maximum absolute atomic E-state index is 14.0. The second-order valence-electron chi connectivity index (χ2n) is 7.98. The highest BCUT2D eigenvalue weighted by atomic mass is 19.1. The van der Waals surface area contributed by atoms with Crippen LogP contribution in [0, 0.1) is 5.82 Å². The number of carbonyl (C=O) groups excluding carboxylic acids is 1. The summed E-state index contributed by atoms with van der Waals surface area (Å²) in [6.45, 7) is 7.59. The molecule has 3 heterocycles. The molecule has 0 saturated carbocycles. The predicted molar refractivity (Wildman–Crippen MR) is 107 cm³/mol. The number of anilines is 1. The molecule has 1 aromatic carbocycles. The van der Waals surface area contributed by atoms with Crippen LogP contribution in [0.25, 0.3) is 0 Å². The quantitative estimate of drug-likeness (QED) is 0.769. The van der Waals surface area contributed by atoms with Gasteiger partial charge in [-0.05, 0) is 31.4 Å². The third kappa shape index (κ3) is 4.64. The first-order chi connectivity index (χ1) is 13.7. The minimum absolute atomic E-state index is 0.146. The summed E-state index contributed by atoms with van der Waals surface area (Å²) >= 11 is 0. The van der Waals surface area contributed by atoms with E-state index in [1.165, 1.54) is 6.07 Å². The summed E-state index contributed by atoms with van der Waals surface area (Å²) in [4.78, 5) is 24.8. The van der Waals surface area contributed by atoms with Gasteiger partial charge in [-0.3, -0.25) is 14.5 Å². The van der Waals surface area contributed by atoms with Crippen molar-refractivity contribution in [1.29, 1.82) is 0 Å². The van der Waals surface area contributed by atoms with Crippen LogP contribution in [0.15, 0.2) is 24.3 Å². The molecule has 3 aliphatic rings. The Balaban J connectivity index is 1.25. The number of hydroxylamine groups is 2. The lowest BCUT2D eigenvalue weighted by molar-refractivity contribution is -0.140. The molecule has 3 saturated heterocycles. The van der Waals surface area contributed by atoms with E-state index in [0.717, 1.165) is 71.7 Å². The number of amides is 1. The van der Waals surface area contributed by atoms with Gasteiger partial charge in [-0.25, -0.2) is 4.39 Å². The Morgan fingerprint density at radius 2 is 1.89 bits per heavy atom. The molecule has 3 fully saturated rings. The highest BCUT2D eigenvalue weighted by Crippen LogP contribution is 2.23. The number of piperidine rings is 1. The Hall–Kier alpha value is -1.70. The molecule has 1 aromatic rings. The maximum atomic E-state index is 14.0. The average molecular weight is 391 g/mol. The lowest BCUT2D eigenvalue weighted by Crippen LogP contribution is -2.56. The minimum Gasteiger partial charge on any atom is -0.367 e. The van der Waals surface area contributed by atoms with Gasteiger partial charge in [-0.1, -0.05) is 12.1 Å². The minimum atomic E-state index is -0.146. The van der Waals surface area contributed by atoms with Crippen LogP contribution in [0.1, 0.15) is 25.7 Å².